The average Bonchev–Trinajstić information content (AvgIpc) is 2.40. The third-order valence-corrected chi connectivity index (χ3v) is 2.94. The highest BCUT2D eigenvalue weighted by molar-refractivity contribution is 5.19. The van der Waals surface area contributed by atoms with Gasteiger partial charge in [0.15, 0.2) is 0 Å². The number of pyridine rings is 1. The summed E-state index contributed by atoms with van der Waals surface area (Å²) in [5, 5.41) is 3.38. The summed E-state index contributed by atoms with van der Waals surface area (Å²) in [6.45, 7) is 2.89. The van der Waals surface area contributed by atoms with E-state index in [9.17, 15) is 4.39 Å². The molecular formula is C15H17FN2. The molecule has 0 saturated carbocycles. The second-order valence-electron chi connectivity index (χ2n) is 4.34. The molecule has 0 spiro atoms. The first-order valence-electron chi connectivity index (χ1n) is 6.13. The minimum Gasteiger partial charge on any atom is -0.310 e. The Morgan fingerprint density at radius 2 is 2.17 bits per heavy atom. The number of nitrogens with zero attached hydrogens (tertiary/aromatic N) is 1. The summed E-state index contributed by atoms with van der Waals surface area (Å²) in [6, 6.07) is 10.9. The maximum Gasteiger partial charge on any atom is 0.123 e. The highest BCUT2D eigenvalue weighted by atomic mass is 19.1. The topological polar surface area (TPSA) is 24.9 Å². The summed E-state index contributed by atoms with van der Waals surface area (Å²) in [7, 11) is 0. The third kappa shape index (κ3) is 3.64. The van der Waals surface area contributed by atoms with Gasteiger partial charge in [0.1, 0.15) is 5.82 Å². The summed E-state index contributed by atoms with van der Waals surface area (Å²) in [5.74, 6) is -0.187. The lowest BCUT2D eigenvalue weighted by molar-refractivity contribution is 0.567. The standard InChI is InChI=1S/C15H17FN2/c1-12(14-5-2-6-15(16)10-14)18-9-7-13-4-3-8-17-11-13/h2-6,8,10-12,18H,7,9H2,1H3. The number of rotatable bonds is 5. The molecule has 1 N–H and O–H groups in total. The van der Waals surface area contributed by atoms with E-state index >= 15 is 0 Å². The number of aromatic nitrogens is 1. The smallest absolute Gasteiger partial charge is 0.123 e. The first-order valence-corrected chi connectivity index (χ1v) is 6.13. The van der Waals surface area contributed by atoms with Crippen molar-refractivity contribution in [1.82, 2.24) is 10.3 Å². The van der Waals surface area contributed by atoms with E-state index in [-0.39, 0.29) is 11.9 Å². The Morgan fingerprint density at radius 3 is 2.89 bits per heavy atom. The van der Waals surface area contributed by atoms with Crippen LogP contribution in [0.25, 0.3) is 0 Å². The maximum atomic E-state index is 13.1. The summed E-state index contributed by atoms with van der Waals surface area (Å²) < 4.78 is 13.1. The molecule has 3 heteroatoms. The van der Waals surface area contributed by atoms with Crippen molar-refractivity contribution < 1.29 is 4.39 Å². The largest absolute Gasteiger partial charge is 0.310 e. The van der Waals surface area contributed by atoms with Crippen LogP contribution >= 0.6 is 0 Å². The van der Waals surface area contributed by atoms with E-state index in [0.29, 0.717) is 0 Å². The Bertz CT molecular complexity index is 485. The number of benzene rings is 1. The maximum absolute atomic E-state index is 13.1. The Labute approximate surface area is 107 Å². The molecule has 2 rings (SSSR count). The Kier molecular flexibility index (Phi) is 4.42. The fraction of sp³-hybridized carbons (Fsp3) is 0.267. The van der Waals surface area contributed by atoms with Gasteiger partial charge >= 0.3 is 0 Å². The Balaban J connectivity index is 1.83. The fourth-order valence-corrected chi connectivity index (χ4v) is 1.87. The van der Waals surface area contributed by atoms with Gasteiger partial charge in [0, 0.05) is 18.4 Å². The number of hydrogen-bond acceptors (Lipinski definition) is 2. The van der Waals surface area contributed by atoms with E-state index in [1.165, 1.54) is 11.6 Å². The Hall–Kier alpha value is -1.74. The normalized spacial score (nSPS) is 12.3. The van der Waals surface area contributed by atoms with Gasteiger partial charge in [-0.1, -0.05) is 18.2 Å². The first-order chi connectivity index (χ1) is 8.75. The molecule has 2 nitrogen and oxygen atoms in total. The average molecular weight is 244 g/mol. The highest BCUT2D eigenvalue weighted by Gasteiger charge is 2.05. The van der Waals surface area contributed by atoms with Gasteiger partial charge in [-0.25, -0.2) is 4.39 Å². The van der Waals surface area contributed by atoms with Crippen molar-refractivity contribution in [3.05, 3.63) is 65.7 Å². The zero-order valence-electron chi connectivity index (χ0n) is 10.4. The summed E-state index contributed by atoms with van der Waals surface area (Å²) in [5.41, 5.74) is 2.18. The monoisotopic (exact) mass is 244 g/mol. The van der Waals surface area contributed by atoms with Crippen LogP contribution in [0.5, 0.6) is 0 Å². The molecule has 0 bridgehead atoms. The van der Waals surface area contributed by atoms with E-state index in [4.69, 9.17) is 0 Å². The molecule has 1 unspecified atom stereocenters. The molecule has 1 aromatic carbocycles. The van der Waals surface area contributed by atoms with Crippen molar-refractivity contribution in [2.75, 3.05) is 6.54 Å². The molecule has 0 saturated heterocycles. The summed E-state index contributed by atoms with van der Waals surface area (Å²) in [4.78, 5) is 4.07. The lowest BCUT2D eigenvalue weighted by Crippen LogP contribution is -2.21. The molecule has 1 heterocycles. The number of nitrogens with one attached hydrogen (secondary N) is 1. The van der Waals surface area contributed by atoms with Crippen LogP contribution in [0.1, 0.15) is 24.1 Å². The molecule has 94 valence electrons. The lowest BCUT2D eigenvalue weighted by Gasteiger charge is -2.14. The lowest BCUT2D eigenvalue weighted by atomic mass is 10.1. The Morgan fingerprint density at radius 1 is 1.28 bits per heavy atom. The van der Waals surface area contributed by atoms with Crippen molar-refractivity contribution in [2.24, 2.45) is 0 Å². The van der Waals surface area contributed by atoms with Gasteiger partial charge in [0.2, 0.25) is 0 Å². The molecule has 18 heavy (non-hydrogen) atoms. The molecule has 1 aromatic heterocycles. The quantitative estimate of drug-likeness (QED) is 0.874. The van der Waals surface area contributed by atoms with Gasteiger partial charge in [0.25, 0.3) is 0 Å². The zero-order chi connectivity index (χ0) is 12.8. The van der Waals surface area contributed by atoms with Crippen LogP contribution < -0.4 is 5.32 Å². The summed E-state index contributed by atoms with van der Waals surface area (Å²) in [6.07, 6.45) is 4.56. The zero-order valence-corrected chi connectivity index (χ0v) is 10.4. The molecule has 0 aliphatic heterocycles. The third-order valence-electron chi connectivity index (χ3n) is 2.94. The van der Waals surface area contributed by atoms with Crippen molar-refractivity contribution in [1.29, 1.82) is 0 Å². The van der Waals surface area contributed by atoms with Crippen LogP contribution in [-0.4, -0.2) is 11.5 Å². The SMILES string of the molecule is CC(NCCc1cccnc1)c1cccc(F)c1. The molecule has 0 radical (unpaired) electrons. The minimum absolute atomic E-state index is 0.150. The van der Waals surface area contributed by atoms with Crippen molar-refractivity contribution >= 4 is 0 Å². The van der Waals surface area contributed by atoms with Crippen LogP contribution in [0, 0.1) is 5.82 Å². The fourth-order valence-electron chi connectivity index (χ4n) is 1.87. The van der Waals surface area contributed by atoms with Crippen LogP contribution in [0.2, 0.25) is 0 Å². The van der Waals surface area contributed by atoms with Crippen molar-refractivity contribution in [2.45, 2.75) is 19.4 Å². The molecule has 0 aliphatic rings. The second kappa shape index (κ2) is 6.26. The van der Waals surface area contributed by atoms with Gasteiger partial charge < -0.3 is 5.32 Å². The van der Waals surface area contributed by atoms with Gasteiger partial charge in [-0.15, -0.1) is 0 Å². The van der Waals surface area contributed by atoms with E-state index in [2.05, 4.69) is 16.4 Å². The van der Waals surface area contributed by atoms with Gasteiger partial charge in [-0.3, -0.25) is 4.98 Å². The van der Waals surface area contributed by atoms with E-state index in [0.717, 1.165) is 18.5 Å². The van der Waals surface area contributed by atoms with Crippen LogP contribution in [0.4, 0.5) is 4.39 Å². The minimum atomic E-state index is -0.187. The van der Waals surface area contributed by atoms with Gasteiger partial charge in [0.05, 0.1) is 0 Å². The van der Waals surface area contributed by atoms with Crippen LogP contribution in [-0.2, 0) is 6.42 Å². The van der Waals surface area contributed by atoms with Crippen LogP contribution in [0.15, 0.2) is 48.8 Å². The highest BCUT2D eigenvalue weighted by Crippen LogP contribution is 2.13. The summed E-state index contributed by atoms with van der Waals surface area (Å²) >= 11 is 0. The predicted molar refractivity (Wildman–Crippen MR) is 70.8 cm³/mol. The molecule has 0 aliphatic carbocycles. The van der Waals surface area contributed by atoms with E-state index in [1.807, 2.05) is 25.3 Å². The van der Waals surface area contributed by atoms with Gasteiger partial charge in [-0.05, 0) is 49.2 Å². The molecule has 0 amide bonds. The number of halogens is 1. The molecule has 0 fully saturated rings. The first kappa shape index (κ1) is 12.7. The molecule has 1 atom stereocenters. The van der Waals surface area contributed by atoms with E-state index in [1.54, 1.807) is 18.3 Å². The van der Waals surface area contributed by atoms with E-state index < -0.39 is 0 Å². The number of hydrogen-bond donors (Lipinski definition) is 1. The van der Waals surface area contributed by atoms with Crippen molar-refractivity contribution in [3.8, 4) is 0 Å². The second-order valence-corrected chi connectivity index (χ2v) is 4.34. The van der Waals surface area contributed by atoms with Crippen molar-refractivity contribution in [3.63, 3.8) is 0 Å². The molecular weight excluding hydrogens is 227 g/mol. The van der Waals surface area contributed by atoms with Crippen LogP contribution in [0.3, 0.4) is 0 Å². The molecule has 2 aromatic rings. The van der Waals surface area contributed by atoms with Gasteiger partial charge in [-0.2, -0.15) is 0 Å². The predicted octanol–water partition coefficient (Wildman–Crippen LogP) is 3.11.